The van der Waals surface area contributed by atoms with Crippen LogP contribution in [0.1, 0.15) is 17.1 Å². The van der Waals surface area contributed by atoms with Crippen LogP contribution in [0.5, 0.6) is 0 Å². The smallest absolute Gasteiger partial charge is 0.231 e. The van der Waals surface area contributed by atoms with E-state index in [4.69, 9.17) is 5.73 Å². The fraction of sp³-hybridized carbons (Fsp3) is 0.308. The lowest BCUT2D eigenvalue weighted by molar-refractivity contribution is -0.115. The SMILES string of the molecule is NCCCc1nc(CC(=O)Nc2ccccn2)cs1. The Morgan fingerprint density at radius 2 is 2.32 bits per heavy atom. The number of aromatic nitrogens is 2. The van der Waals surface area contributed by atoms with Crippen molar-refractivity contribution in [2.24, 2.45) is 5.73 Å². The van der Waals surface area contributed by atoms with E-state index in [1.54, 1.807) is 29.7 Å². The Balaban J connectivity index is 1.86. The number of nitrogens with two attached hydrogens (primary N) is 1. The van der Waals surface area contributed by atoms with E-state index in [0.29, 0.717) is 12.4 Å². The first-order chi connectivity index (χ1) is 9.28. The molecule has 5 nitrogen and oxygen atoms in total. The summed E-state index contributed by atoms with van der Waals surface area (Å²) in [5.41, 5.74) is 6.25. The third-order valence-corrected chi connectivity index (χ3v) is 3.43. The summed E-state index contributed by atoms with van der Waals surface area (Å²) in [6.07, 6.45) is 3.72. The normalized spacial score (nSPS) is 10.4. The molecule has 0 bridgehead atoms. The van der Waals surface area contributed by atoms with Crippen LogP contribution in [-0.2, 0) is 17.6 Å². The van der Waals surface area contributed by atoms with E-state index in [1.165, 1.54) is 0 Å². The Bertz CT molecular complexity index is 526. The number of nitrogens with one attached hydrogen (secondary N) is 1. The maximum Gasteiger partial charge on any atom is 0.231 e. The fourth-order valence-electron chi connectivity index (χ4n) is 1.59. The molecule has 6 heteroatoms. The van der Waals surface area contributed by atoms with Gasteiger partial charge in [0.15, 0.2) is 0 Å². The van der Waals surface area contributed by atoms with Crippen LogP contribution >= 0.6 is 11.3 Å². The monoisotopic (exact) mass is 276 g/mol. The molecule has 0 saturated carbocycles. The number of carbonyl (C=O) groups excluding carboxylic acids is 1. The Morgan fingerprint density at radius 3 is 3.05 bits per heavy atom. The molecule has 2 aromatic heterocycles. The number of thiazole rings is 1. The predicted molar refractivity (Wildman–Crippen MR) is 76.1 cm³/mol. The van der Waals surface area contributed by atoms with Gasteiger partial charge in [-0.2, -0.15) is 0 Å². The third kappa shape index (κ3) is 4.42. The van der Waals surface area contributed by atoms with E-state index < -0.39 is 0 Å². The van der Waals surface area contributed by atoms with Crippen LogP contribution in [0, 0.1) is 0 Å². The molecule has 1 amide bonds. The van der Waals surface area contributed by atoms with Crippen molar-refractivity contribution in [1.29, 1.82) is 0 Å². The summed E-state index contributed by atoms with van der Waals surface area (Å²) in [6.45, 7) is 0.662. The molecule has 0 fully saturated rings. The van der Waals surface area contributed by atoms with E-state index in [0.717, 1.165) is 23.5 Å². The number of carbonyl (C=O) groups is 1. The van der Waals surface area contributed by atoms with Gasteiger partial charge >= 0.3 is 0 Å². The third-order valence-electron chi connectivity index (χ3n) is 2.47. The van der Waals surface area contributed by atoms with Gasteiger partial charge in [-0.1, -0.05) is 6.07 Å². The minimum atomic E-state index is -0.102. The lowest BCUT2D eigenvalue weighted by atomic mass is 10.3. The average molecular weight is 276 g/mol. The van der Waals surface area contributed by atoms with E-state index in [1.807, 2.05) is 11.4 Å². The molecule has 3 N–H and O–H groups in total. The molecule has 2 aromatic rings. The van der Waals surface area contributed by atoms with Crippen molar-refractivity contribution in [3.63, 3.8) is 0 Å². The second-order valence-corrected chi connectivity index (χ2v) is 5.01. The summed E-state index contributed by atoms with van der Waals surface area (Å²) in [5.74, 6) is 0.459. The summed E-state index contributed by atoms with van der Waals surface area (Å²) in [6, 6.07) is 5.39. The van der Waals surface area contributed by atoms with Crippen LogP contribution in [0.3, 0.4) is 0 Å². The Hall–Kier alpha value is -1.79. The number of amides is 1. The first-order valence-electron chi connectivity index (χ1n) is 6.12. The van der Waals surface area contributed by atoms with Gasteiger partial charge in [0.25, 0.3) is 0 Å². The van der Waals surface area contributed by atoms with Gasteiger partial charge in [0.1, 0.15) is 5.82 Å². The van der Waals surface area contributed by atoms with Crippen molar-refractivity contribution in [2.45, 2.75) is 19.3 Å². The first-order valence-corrected chi connectivity index (χ1v) is 7.00. The number of anilines is 1. The van der Waals surface area contributed by atoms with E-state index in [2.05, 4.69) is 15.3 Å². The molecule has 0 radical (unpaired) electrons. The standard InChI is InChI=1S/C13H16N4OS/c14-6-3-5-13-16-10(9-19-13)8-12(18)17-11-4-1-2-7-15-11/h1-2,4,7,9H,3,5-6,8,14H2,(H,15,17,18). The number of hydrogen-bond acceptors (Lipinski definition) is 5. The van der Waals surface area contributed by atoms with Gasteiger partial charge < -0.3 is 11.1 Å². The maximum absolute atomic E-state index is 11.8. The van der Waals surface area contributed by atoms with Gasteiger partial charge in [-0.25, -0.2) is 9.97 Å². The van der Waals surface area contributed by atoms with Gasteiger partial charge in [-0.15, -0.1) is 11.3 Å². The molecular weight excluding hydrogens is 260 g/mol. The summed E-state index contributed by atoms with van der Waals surface area (Å²) in [5, 5.41) is 5.69. The van der Waals surface area contributed by atoms with Crippen molar-refractivity contribution in [3.8, 4) is 0 Å². The lowest BCUT2D eigenvalue weighted by Gasteiger charge is -2.01. The van der Waals surface area contributed by atoms with Gasteiger partial charge in [0, 0.05) is 18.0 Å². The number of aryl methyl sites for hydroxylation is 1. The van der Waals surface area contributed by atoms with Crippen LogP contribution in [0.4, 0.5) is 5.82 Å². The molecule has 0 aliphatic carbocycles. The average Bonchev–Trinajstić information content (AvgIpc) is 2.85. The Morgan fingerprint density at radius 1 is 1.42 bits per heavy atom. The van der Waals surface area contributed by atoms with Crippen LogP contribution in [0.25, 0.3) is 0 Å². The quantitative estimate of drug-likeness (QED) is 0.840. The van der Waals surface area contributed by atoms with Crippen molar-refractivity contribution >= 4 is 23.1 Å². The lowest BCUT2D eigenvalue weighted by Crippen LogP contribution is -2.15. The zero-order valence-corrected chi connectivity index (χ0v) is 11.3. The minimum absolute atomic E-state index is 0.102. The Kier molecular flexibility index (Phi) is 5.00. The molecule has 0 atom stereocenters. The highest BCUT2D eigenvalue weighted by molar-refractivity contribution is 7.09. The van der Waals surface area contributed by atoms with Crippen molar-refractivity contribution < 1.29 is 4.79 Å². The molecule has 0 aliphatic heterocycles. The highest BCUT2D eigenvalue weighted by atomic mass is 32.1. The number of pyridine rings is 1. The summed E-state index contributed by atoms with van der Waals surface area (Å²) in [4.78, 5) is 20.3. The van der Waals surface area contributed by atoms with E-state index in [-0.39, 0.29) is 12.3 Å². The molecule has 0 aliphatic rings. The van der Waals surface area contributed by atoms with Gasteiger partial charge in [-0.3, -0.25) is 4.79 Å². The van der Waals surface area contributed by atoms with Crippen molar-refractivity contribution in [3.05, 3.63) is 40.5 Å². The zero-order chi connectivity index (χ0) is 13.5. The fourth-order valence-corrected chi connectivity index (χ4v) is 2.43. The van der Waals surface area contributed by atoms with Crippen molar-refractivity contribution in [1.82, 2.24) is 9.97 Å². The second-order valence-electron chi connectivity index (χ2n) is 4.06. The number of hydrogen-bond donors (Lipinski definition) is 2. The molecule has 100 valence electrons. The summed E-state index contributed by atoms with van der Waals surface area (Å²) >= 11 is 1.58. The minimum Gasteiger partial charge on any atom is -0.330 e. The molecule has 0 aromatic carbocycles. The van der Waals surface area contributed by atoms with Crippen LogP contribution in [0.2, 0.25) is 0 Å². The van der Waals surface area contributed by atoms with Crippen LogP contribution in [0.15, 0.2) is 29.8 Å². The van der Waals surface area contributed by atoms with Crippen molar-refractivity contribution in [2.75, 3.05) is 11.9 Å². The summed E-state index contributed by atoms with van der Waals surface area (Å²) in [7, 11) is 0. The summed E-state index contributed by atoms with van der Waals surface area (Å²) < 4.78 is 0. The highest BCUT2D eigenvalue weighted by Crippen LogP contribution is 2.12. The Labute approximate surface area is 115 Å². The number of nitrogens with zero attached hydrogens (tertiary/aromatic N) is 2. The molecule has 2 heterocycles. The van der Waals surface area contributed by atoms with E-state index in [9.17, 15) is 4.79 Å². The highest BCUT2D eigenvalue weighted by Gasteiger charge is 2.08. The van der Waals surface area contributed by atoms with Gasteiger partial charge in [0.05, 0.1) is 17.1 Å². The first kappa shape index (κ1) is 13.6. The molecule has 19 heavy (non-hydrogen) atoms. The van der Waals surface area contributed by atoms with Crippen LogP contribution in [-0.4, -0.2) is 22.4 Å². The molecule has 2 rings (SSSR count). The van der Waals surface area contributed by atoms with Crippen LogP contribution < -0.4 is 11.1 Å². The molecule has 0 unspecified atom stereocenters. The number of rotatable bonds is 6. The van der Waals surface area contributed by atoms with Gasteiger partial charge in [0.2, 0.25) is 5.91 Å². The van der Waals surface area contributed by atoms with Gasteiger partial charge in [-0.05, 0) is 25.1 Å². The second kappa shape index (κ2) is 6.96. The molecule has 0 spiro atoms. The predicted octanol–water partition coefficient (Wildman–Crippen LogP) is 1.61. The molecule has 0 saturated heterocycles. The van der Waals surface area contributed by atoms with E-state index >= 15 is 0 Å². The zero-order valence-electron chi connectivity index (χ0n) is 10.5. The topological polar surface area (TPSA) is 80.9 Å². The largest absolute Gasteiger partial charge is 0.330 e. The maximum atomic E-state index is 11.8. The molecular formula is C13H16N4OS.